The van der Waals surface area contributed by atoms with Gasteiger partial charge in [-0.25, -0.2) is 17.9 Å². The van der Waals surface area contributed by atoms with Crippen molar-refractivity contribution in [2.75, 3.05) is 0 Å². The van der Waals surface area contributed by atoms with E-state index in [9.17, 15) is 12.8 Å². The summed E-state index contributed by atoms with van der Waals surface area (Å²) in [5, 5.41) is 5.14. The summed E-state index contributed by atoms with van der Waals surface area (Å²) in [5.74, 6) is -0.250. The van der Waals surface area contributed by atoms with Gasteiger partial charge in [-0.15, -0.1) is 0 Å². The lowest BCUT2D eigenvalue weighted by Gasteiger charge is -2.24. The number of rotatable bonds is 3. The first kappa shape index (κ1) is 16.1. The zero-order valence-electron chi connectivity index (χ0n) is 12.7. The number of nitrogens with two attached hydrogens (primary N) is 1. The molecule has 2 N–H and O–H groups in total. The Morgan fingerprint density at radius 1 is 1.13 bits per heavy atom. The highest BCUT2D eigenvalue weighted by Gasteiger charge is 2.21. The zero-order chi connectivity index (χ0) is 16.4. The van der Waals surface area contributed by atoms with Gasteiger partial charge in [0.2, 0.25) is 10.0 Å². The predicted octanol–water partition coefficient (Wildman–Crippen LogP) is 3.58. The van der Waals surface area contributed by atoms with Crippen LogP contribution in [0, 0.1) is 5.82 Å². The number of sulfonamides is 1. The Bertz CT molecular complexity index is 815. The van der Waals surface area contributed by atoms with E-state index in [-0.39, 0.29) is 4.90 Å². The summed E-state index contributed by atoms with van der Waals surface area (Å²) in [6.45, 7) is 0. The van der Waals surface area contributed by atoms with Crippen LogP contribution in [0.1, 0.15) is 43.6 Å². The molecule has 3 rings (SSSR count). The molecule has 1 fully saturated rings. The van der Waals surface area contributed by atoms with Crippen LogP contribution in [0.5, 0.6) is 0 Å². The van der Waals surface area contributed by atoms with E-state index in [4.69, 9.17) is 5.14 Å². The van der Waals surface area contributed by atoms with Crippen molar-refractivity contribution in [1.82, 2.24) is 4.98 Å². The van der Waals surface area contributed by atoms with E-state index < -0.39 is 15.8 Å². The SMILES string of the molecule is NS(=O)(=O)c1cc(F)cc(-c2ncccc2C2CCCCC2)c1. The van der Waals surface area contributed by atoms with Crippen molar-refractivity contribution in [3.63, 3.8) is 0 Å². The van der Waals surface area contributed by atoms with Crippen LogP contribution in [-0.4, -0.2) is 13.4 Å². The van der Waals surface area contributed by atoms with E-state index >= 15 is 0 Å². The first-order chi connectivity index (χ1) is 10.9. The van der Waals surface area contributed by atoms with Gasteiger partial charge in [0.05, 0.1) is 10.6 Å². The van der Waals surface area contributed by atoms with Crippen molar-refractivity contribution in [2.24, 2.45) is 5.14 Å². The Morgan fingerprint density at radius 2 is 1.87 bits per heavy atom. The summed E-state index contributed by atoms with van der Waals surface area (Å²) in [6, 6.07) is 7.51. The smallest absolute Gasteiger partial charge is 0.238 e. The van der Waals surface area contributed by atoms with Gasteiger partial charge in [0, 0.05) is 11.8 Å². The summed E-state index contributed by atoms with van der Waals surface area (Å²) in [6.07, 6.45) is 7.38. The number of pyridine rings is 1. The van der Waals surface area contributed by atoms with Gasteiger partial charge in [0.1, 0.15) is 5.82 Å². The van der Waals surface area contributed by atoms with Gasteiger partial charge in [0.15, 0.2) is 0 Å². The van der Waals surface area contributed by atoms with Gasteiger partial charge in [-0.1, -0.05) is 25.3 Å². The monoisotopic (exact) mass is 334 g/mol. The van der Waals surface area contributed by atoms with Crippen LogP contribution >= 0.6 is 0 Å². The minimum absolute atomic E-state index is 0.229. The van der Waals surface area contributed by atoms with E-state index in [2.05, 4.69) is 4.98 Å². The van der Waals surface area contributed by atoms with Crippen molar-refractivity contribution >= 4 is 10.0 Å². The first-order valence-electron chi connectivity index (χ1n) is 7.74. The molecule has 6 heteroatoms. The van der Waals surface area contributed by atoms with Gasteiger partial charge >= 0.3 is 0 Å². The molecule has 1 aliphatic carbocycles. The fourth-order valence-corrected chi connectivity index (χ4v) is 3.83. The van der Waals surface area contributed by atoms with E-state index in [1.54, 1.807) is 6.20 Å². The maximum Gasteiger partial charge on any atom is 0.238 e. The lowest BCUT2D eigenvalue weighted by Crippen LogP contribution is -2.13. The average molecular weight is 334 g/mol. The molecule has 1 aromatic heterocycles. The van der Waals surface area contributed by atoms with Crippen LogP contribution in [0.4, 0.5) is 4.39 Å². The number of hydrogen-bond acceptors (Lipinski definition) is 3. The molecule has 0 amide bonds. The number of primary sulfonamides is 1. The molecule has 0 unspecified atom stereocenters. The minimum Gasteiger partial charge on any atom is -0.256 e. The molecule has 1 heterocycles. The molecule has 0 spiro atoms. The third-order valence-corrected chi connectivity index (χ3v) is 5.25. The number of benzene rings is 1. The molecular formula is C17H19FN2O2S. The molecule has 0 aliphatic heterocycles. The number of halogens is 1. The van der Waals surface area contributed by atoms with E-state index in [0.29, 0.717) is 17.2 Å². The fourth-order valence-electron chi connectivity index (χ4n) is 3.27. The zero-order valence-corrected chi connectivity index (χ0v) is 13.5. The maximum absolute atomic E-state index is 13.9. The van der Waals surface area contributed by atoms with Crippen LogP contribution in [0.3, 0.4) is 0 Å². The largest absolute Gasteiger partial charge is 0.256 e. The van der Waals surface area contributed by atoms with Crippen LogP contribution in [-0.2, 0) is 10.0 Å². The number of aromatic nitrogens is 1. The third-order valence-electron chi connectivity index (χ3n) is 4.36. The van der Waals surface area contributed by atoms with Crippen molar-refractivity contribution in [2.45, 2.75) is 42.9 Å². The molecule has 1 saturated carbocycles. The van der Waals surface area contributed by atoms with E-state index in [1.165, 1.54) is 31.4 Å². The molecular weight excluding hydrogens is 315 g/mol. The quantitative estimate of drug-likeness (QED) is 0.932. The Labute approximate surface area is 135 Å². The van der Waals surface area contributed by atoms with E-state index in [0.717, 1.165) is 24.5 Å². The summed E-state index contributed by atoms with van der Waals surface area (Å²) in [4.78, 5) is 4.16. The van der Waals surface area contributed by atoms with Gasteiger partial charge in [0.25, 0.3) is 0 Å². The molecule has 1 aromatic carbocycles. The first-order valence-corrected chi connectivity index (χ1v) is 9.28. The number of nitrogens with zero attached hydrogens (tertiary/aromatic N) is 1. The normalized spacial score (nSPS) is 16.4. The Kier molecular flexibility index (Phi) is 4.46. The lowest BCUT2D eigenvalue weighted by atomic mass is 9.82. The van der Waals surface area contributed by atoms with Crippen molar-refractivity contribution in [1.29, 1.82) is 0 Å². The standard InChI is InChI=1S/C17H19FN2O2S/c18-14-9-13(10-15(11-14)23(19,21)22)17-16(7-4-8-20-17)12-5-2-1-3-6-12/h4,7-12H,1-3,5-6H2,(H2,19,21,22). The number of hydrogen-bond donors (Lipinski definition) is 1. The van der Waals surface area contributed by atoms with Crippen LogP contribution < -0.4 is 5.14 Å². The molecule has 2 aromatic rings. The van der Waals surface area contributed by atoms with E-state index in [1.807, 2.05) is 12.1 Å². The third kappa shape index (κ3) is 3.59. The van der Waals surface area contributed by atoms with Crippen LogP contribution in [0.2, 0.25) is 0 Å². The minimum atomic E-state index is -3.96. The molecule has 23 heavy (non-hydrogen) atoms. The molecule has 1 aliphatic rings. The Hall–Kier alpha value is -1.79. The Balaban J connectivity index is 2.10. The van der Waals surface area contributed by atoms with Gasteiger partial charge < -0.3 is 0 Å². The highest BCUT2D eigenvalue weighted by molar-refractivity contribution is 7.89. The van der Waals surface area contributed by atoms with Gasteiger partial charge in [-0.2, -0.15) is 0 Å². The summed E-state index contributed by atoms with van der Waals surface area (Å²) < 4.78 is 37.0. The topological polar surface area (TPSA) is 73.1 Å². The predicted molar refractivity (Wildman–Crippen MR) is 86.8 cm³/mol. The van der Waals surface area contributed by atoms with Crippen molar-refractivity contribution < 1.29 is 12.8 Å². The molecule has 0 bridgehead atoms. The van der Waals surface area contributed by atoms with Gasteiger partial charge in [-0.3, -0.25) is 4.98 Å². The van der Waals surface area contributed by atoms with Crippen molar-refractivity contribution in [3.05, 3.63) is 47.9 Å². The fraction of sp³-hybridized carbons (Fsp3) is 0.353. The molecule has 122 valence electrons. The van der Waals surface area contributed by atoms with Gasteiger partial charge in [-0.05, 0) is 48.6 Å². The summed E-state index contributed by atoms with van der Waals surface area (Å²) in [5.41, 5.74) is 2.15. The average Bonchev–Trinajstić information content (AvgIpc) is 2.54. The molecule has 0 saturated heterocycles. The second-order valence-corrected chi connectivity index (χ2v) is 7.56. The van der Waals surface area contributed by atoms with Crippen LogP contribution in [0.25, 0.3) is 11.3 Å². The highest BCUT2D eigenvalue weighted by atomic mass is 32.2. The molecule has 0 atom stereocenters. The molecule has 0 radical (unpaired) electrons. The Morgan fingerprint density at radius 3 is 2.57 bits per heavy atom. The second-order valence-electron chi connectivity index (χ2n) is 6.00. The summed E-state index contributed by atoms with van der Waals surface area (Å²) >= 11 is 0. The lowest BCUT2D eigenvalue weighted by molar-refractivity contribution is 0.443. The highest BCUT2D eigenvalue weighted by Crippen LogP contribution is 2.37. The van der Waals surface area contributed by atoms with Crippen molar-refractivity contribution in [3.8, 4) is 11.3 Å². The van der Waals surface area contributed by atoms with Crippen LogP contribution in [0.15, 0.2) is 41.4 Å². The maximum atomic E-state index is 13.9. The second kappa shape index (κ2) is 6.37. The molecule has 4 nitrogen and oxygen atoms in total. The summed E-state index contributed by atoms with van der Waals surface area (Å²) in [7, 11) is -3.96.